The van der Waals surface area contributed by atoms with Crippen LogP contribution in [0.1, 0.15) is 31.4 Å². The van der Waals surface area contributed by atoms with Gasteiger partial charge in [-0.3, -0.25) is 4.98 Å². The van der Waals surface area contributed by atoms with E-state index >= 15 is 0 Å². The maximum Gasteiger partial charge on any atom is 0.147 e. The molecule has 2 fully saturated rings. The molecule has 2 heterocycles. The fraction of sp³-hybridized carbons (Fsp3) is 0.733. The van der Waals surface area contributed by atoms with Gasteiger partial charge in [-0.25, -0.2) is 4.98 Å². The number of rotatable bonds is 5. The lowest BCUT2D eigenvalue weighted by molar-refractivity contribution is 0.252. The van der Waals surface area contributed by atoms with Gasteiger partial charge in [0.05, 0.1) is 18.1 Å². The first kappa shape index (κ1) is 13.8. The number of hydrogen-bond acceptors (Lipinski definition) is 5. The minimum absolute atomic E-state index is 0.593. The highest BCUT2D eigenvalue weighted by atomic mass is 15.2. The predicted octanol–water partition coefficient (Wildman–Crippen LogP) is 1.26. The fourth-order valence-electron chi connectivity index (χ4n) is 2.73. The highest BCUT2D eigenvalue weighted by molar-refractivity contribution is 5.36. The highest BCUT2D eigenvalue weighted by Crippen LogP contribution is 2.20. The zero-order valence-corrected chi connectivity index (χ0v) is 12.5. The predicted molar refractivity (Wildman–Crippen MR) is 80.8 cm³/mol. The summed E-state index contributed by atoms with van der Waals surface area (Å²) in [5.74, 6) is 0.995. The van der Waals surface area contributed by atoms with Crippen molar-refractivity contribution >= 4 is 5.82 Å². The van der Waals surface area contributed by atoms with E-state index in [4.69, 9.17) is 0 Å². The first-order valence-corrected chi connectivity index (χ1v) is 7.68. The van der Waals surface area contributed by atoms with Crippen molar-refractivity contribution in [2.75, 3.05) is 32.1 Å². The summed E-state index contributed by atoms with van der Waals surface area (Å²) >= 11 is 0. The molecule has 5 heteroatoms. The second-order valence-corrected chi connectivity index (χ2v) is 6.17. The third-order valence-corrected chi connectivity index (χ3v) is 4.44. The van der Waals surface area contributed by atoms with Crippen LogP contribution in [0.5, 0.6) is 0 Å². The van der Waals surface area contributed by atoms with Crippen molar-refractivity contribution in [2.24, 2.45) is 0 Å². The molecule has 1 N–H and O–H groups in total. The van der Waals surface area contributed by atoms with E-state index < -0.39 is 0 Å². The number of aromatic nitrogens is 2. The van der Waals surface area contributed by atoms with Gasteiger partial charge < -0.3 is 15.1 Å². The van der Waals surface area contributed by atoms with E-state index in [0.29, 0.717) is 6.04 Å². The maximum atomic E-state index is 4.58. The van der Waals surface area contributed by atoms with Gasteiger partial charge in [-0.2, -0.15) is 0 Å². The van der Waals surface area contributed by atoms with Crippen molar-refractivity contribution < 1.29 is 0 Å². The van der Waals surface area contributed by atoms with Crippen molar-refractivity contribution in [3.63, 3.8) is 0 Å². The molecule has 110 valence electrons. The minimum Gasteiger partial charge on any atom is -0.355 e. The fourth-order valence-corrected chi connectivity index (χ4v) is 2.73. The summed E-state index contributed by atoms with van der Waals surface area (Å²) in [6, 6.07) is 1.31. The number of nitrogens with one attached hydrogen (secondary N) is 1. The van der Waals surface area contributed by atoms with Crippen LogP contribution in [0.2, 0.25) is 0 Å². The van der Waals surface area contributed by atoms with Crippen LogP contribution in [-0.2, 0) is 6.54 Å². The van der Waals surface area contributed by atoms with Crippen molar-refractivity contribution in [3.8, 4) is 0 Å². The number of likely N-dealkylation sites (tertiary alicyclic amines) is 1. The number of piperidine rings is 1. The number of hydrogen-bond donors (Lipinski definition) is 1. The van der Waals surface area contributed by atoms with Crippen molar-refractivity contribution in [2.45, 2.75) is 44.3 Å². The zero-order chi connectivity index (χ0) is 13.9. The van der Waals surface area contributed by atoms with Crippen LogP contribution in [0, 0.1) is 0 Å². The van der Waals surface area contributed by atoms with E-state index in [1.54, 1.807) is 0 Å². The Bertz CT molecular complexity index is 420. The van der Waals surface area contributed by atoms with Gasteiger partial charge in [0.1, 0.15) is 5.82 Å². The van der Waals surface area contributed by atoms with Crippen molar-refractivity contribution in [1.82, 2.24) is 20.2 Å². The molecule has 1 aromatic rings. The molecule has 0 atom stereocenters. The molecule has 0 radical (unpaired) electrons. The second kappa shape index (κ2) is 6.06. The lowest BCUT2D eigenvalue weighted by atomic mass is 10.0. The maximum absolute atomic E-state index is 4.58. The Morgan fingerprint density at radius 2 is 1.95 bits per heavy atom. The molecule has 0 unspecified atom stereocenters. The molecule has 1 saturated carbocycles. The average molecular weight is 275 g/mol. The summed E-state index contributed by atoms with van der Waals surface area (Å²) in [5, 5.41) is 3.47. The average Bonchev–Trinajstić information content (AvgIpc) is 3.30. The smallest absolute Gasteiger partial charge is 0.147 e. The Hall–Kier alpha value is -1.20. The molecule has 20 heavy (non-hydrogen) atoms. The van der Waals surface area contributed by atoms with Gasteiger partial charge in [0, 0.05) is 25.7 Å². The van der Waals surface area contributed by atoms with Crippen LogP contribution < -0.4 is 10.2 Å². The SMILES string of the molecule is CN1CCC(N(C)c2cnc(CNC3CC3)cn2)CC1. The highest BCUT2D eigenvalue weighted by Gasteiger charge is 2.22. The Kier molecular flexibility index (Phi) is 4.17. The number of nitrogens with zero attached hydrogens (tertiary/aromatic N) is 4. The van der Waals surface area contributed by atoms with Crippen molar-refractivity contribution in [1.29, 1.82) is 0 Å². The Morgan fingerprint density at radius 3 is 2.55 bits per heavy atom. The van der Waals surface area contributed by atoms with Gasteiger partial charge >= 0.3 is 0 Å². The lowest BCUT2D eigenvalue weighted by Crippen LogP contribution is -2.42. The van der Waals surface area contributed by atoms with Gasteiger partial charge in [-0.1, -0.05) is 0 Å². The first-order chi connectivity index (χ1) is 9.72. The Morgan fingerprint density at radius 1 is 1.20 bits per heavy atom. The van der Waals surface area contributed by atoms with E-state index in [0.717, 1.165) is 24.1 Å². The molecule has 0 bridgehead atoms. The molecular formula is C15H25N5. The van der Waals surface area contributed by atoms with Gasteiger partial charge in [-0.05, 0) is 45.8 Å². The monoisotopic (exact) mass is 275 g/mol. The minimum atomic E-state index is 0.593. The molecule has 1 aliphatic carbocycles. The lowest BCUT2D eigenvalue weighted by Gasteiger charge is -2.35. The summed E-state index contributed by atoms with van der Waals surface area (Å²) in [4.78, 5) is 13.8. The van der Waals surface area contributed by atoms with Gasteiger partial charge in [0.25, 0.3) is 0 Å². The van der Waals surface area contributed by atoms with E-state index in [1.165, 1.54) is 38.8 Å². The summed E-state index contributed by atoms with van der Waals surface area (Å²) < 4.78 is 0. The van der Waals surface area contributed by atoms with Crippen molar-refractivity contribution in [3.05, 3.63) is 18.1 Å². The van der Waals surface area contributed by atoms with Gasteiger partial charge in [0.15, 0.2) is 0 Å². The summed E-state index contributed by atoms with van der Waals surface area (Å²) in [6.07, 6.45) is 8.87. The van der Waals surface area contributed by atoms with E-state index in [-0.39, 0.29) is 0 Å². The molecule has 5 nitrogen and oxygen atoms in total. The summed E-state index contributed by atoms with van der Waals surface area (Å²) in [6.45, 7) is 3.19. The van der Waals surface area contributed by atoms with E-state index in [1.807, 2.05) is 12.4 Å². The normalized spacial score (nSPS) is 21.1. The summed E-state index contributed by atoms with van der Waals surface area (Å²) in [5.41, 5.74) is 1.04. The second-order valence-electron chi connectivity index (χ2n) is 6.17. The first-order valence-electron chi connectivity index (χ1n) is 7.68. The molecule has 1 aromatic heterocycles. The van der Waals surface area contributed by atoms with Gasteiger partial charge in [-0.15, -0.1) is 0 Å². The van der Waals surface area contributed by atoms with E-state index in [2.05, 4.69) is 39.2 Å². The van der Waals surface area contributed by atoms with Crippen LogP contribution in [0.15, 0.2) is 12.4 Å². The van der Waals surface area contributed by atoms with E-state index in [9.17, 15) is 0 Å². The van der Waals surface area contributed by atoms with Crippen LogP contribution in [-0.4, -0.2) is 54.1 Å². The summed E-state index contributed by atoms with van der Waals surface area (Å²) in [7, 11) is 4.33. The largest absolute Gasteiger partial charge is 0.355 e. The zero-order valence-electron chi connectivity index (χ0n) is 12.5. The quantitative estimate of drug-likeness (QED) is 0.876. The molecule has 0 spiro atoms. The van der Waals surface area contributed by atoms with Gasteiger partial charge in [0.2, 0.25) is 0 Å². The molecule has 3 rings (SSSR count). The topological polar surface area (TPSA) is 44.3 Å². The van der Waals surface area contributed by atoms with Crippen LogP contribution >= 0.6 is 0 Å². The standard InChI is InChI=1S/C15H25N5/c1-19-7-5-14(6-8-19)20(2)15-11-17-13(10-18-15)9-16-12-3-4-12/h10-12,14,16H,3-9H2,1-2H3. The molecule has 1 aliphatic heterocycles. The van der Waals surface area contributed by atoms with Crippen LogP contribution in [0.25, 0.3) is 0 Å². The van der Waals surface area contributed by atoms with Crippen LogP contribution in [0.3, 0.4) is 0 Å². The number of anilines is 1. The molecule has 0 aromatic carbocycles. The Labute approximate surface area is 121 Å². The third kappa shape index (κ3) is 3.46. The molecular weight excluding hydrogens is 250 g/mol. The molecule has 2 aliphatic rings. The van der Waals surface area contributed by atoms with Crippen LogP contribution in [0.4, 0.5) is 5.82 Å². The third-order valence-electron chi connectivity index (χ3n) is 4.44. The molecule has 1 saturated heterocycles. The Balaban J connectivity index is 1.55. The molecule has 0 amide bonds.